The van der Waals surface area contributed by atoms with Crippen LogP contribution in [0, 0.1) is 11.3 Å². The van der Waals surface area contributed by atoms with Crippen LogP contribution in [0.4, 0.5) is 13.2 Å². The van der Waals surface area contributed by atoms with Crippen LogP contribution in [0.3, 0.4) is 0 Å². The van der Waals surface area contributed by atoms with E-state index in [0.29, 0.717) is 5.56 Å². The number of nitriles is 1. The Morgan fingerprint density at radius 2 is 2.21 bits per heavy atom. The van der Waals surface area contributed by atoms with Crippen LogP contribution in [0.15, 0.2) is 12.3 Å². The predicted octanol–water partition coefficient (Wildman–Crippen LogP) is 1.95. The topological polar surface area (TPSA) is 65.6 Å². The van der Waals surface area contributed by atoms with Crippen LogP contribution >= 0.6 is 0 Å². The molecule has 0 amide bonds. The Balaban J connectivity index is 2.84. The molecule has 0 bridgehead atoms. The molecule has 3 nitrogen and oxygen atoms in total. The van der Waals surface area contributed by atoms with Gasteiger partial charge in [0.1, 0.15) is 5.69 Å². The van der Waals surface area contributed by atoms with Gasteiger partial charge < -0.3 is 10.7 Å². The zero-order valence-electron chi connectivity index (χ0n) is 7.10. The lowest BCUT2D eigenvalue weighted by Gasteiger charge is -2.03. The molecule has 0 radical (unpaired) electrons. The van der Waals surface area contributed by atoms with Crippen molar-refractivity contribution in [1.82, 2.24) is 4.98 Å². The van der Waals surface area contributed by atoms with E-state index in [1.807, 2.05) is 0 Å². The summed E-state index contributed by atoms with van der Waals surface area (Å²) in [5, 5.41) is 8.30. The second kappa shape index (κ2) is 3.72. The molecule has 0 saturated heterocycles. The van der Waals surface area contributed by atoms with Gasteiger partial charge in [0.2, 0.25) is 0 Å². The third kappa shape index (κ3) is 2.26. The van der Waals surface area contributed by atoms with Crippen LogP contribution in [0.25, 0.3) is 0 Å². The van der Waals surface area contributed by atoms with E-state index in [1.54, 1.807) is 6.07 Å². The van der Waals surface area contributed by atoms with E-state index in [-0.39, 0.29) is 6.42 Å². The highest BCUT2D eigenvalue weighted by Crippen LogP contribution is 2.29. The second-order valence-electron chi connectivity index (χ2n) is 2.81. The molecule has 0 unspecified atom stereocenters. The molecular formula is C8H8F3N3. The van der Waals surface area contributed by atoms with Crippen molar-refractivity contribution in [2.24, 2.45) is 5.73 Å². The standard InChI is InChI=1S/C8H8F3N3/c9-8(10,11)7-3-5(4-14-7)6(13)1-2-12/h3-4,6,14H,1,13H2/t6-/m1/s1. The Kier molecular flexibility index (Phi) is 2.81. The largest absolute Gasteiger partial charge is 0.431 e. The number of aromatic nitrogens is 1. The van der Waals surface area contributed by atoms with E-state index in [4.69, 9.17) is 11.0 Å². The fourth-order valence-corrected chi connectivity index (χ4v) is 1.01. The molecule has 3 N–H and O–H groups in total. The average molecular weight is 203 g/mol. The minimum Gasteiger partial charge on any atom is -0.357 e. The quantitative estimate of drug-likeness (QED) is 0.771. The maximum absolute atomic E-state index is 12.1. The minimum atomic E-state index is -4.40. The fourth-order valence-electron chi connectivity index (χ4n) is 1.01. The number of rotatable bonds is 2. The molecule has 1 aromatic heterocycles. The van der Waals surface area contributed by atoms with Crippen LogP contribution in [-0.2, 0) is 6.18 Å². The van der Waals surface area contributed by atoms with Gasteiger partial charge in [-0.1, -0.05) is 0 Å². The summed E-state index contributed by atoms with van der Waals surface area (Å²) < 4.78 is 36.3. The van der Waals surface area contributed by atoms with E-state index in [2.05, 4.69) is 4.98 Å². The highest BCUT2D eigenvalue weighted by atomic mass is 19.4. The van der Waals surface area contributed by atoms with Crippen LogP contribution in [0.1, 0.15) is 23.7 Å². The number of nitrogens with two attached hydrogens (primary N) is 1. The third-order valence-corrected chi connectivity index (χ3v) is 1.75. The first-order valence-corrected chi connectivity index (χ1v) is 3.83. The van der Waals surface area contributed by atoms with Gasteiger partial charge in [-0.2, -0.15) is 18.4 Å². The number of hydrogen-bond acceptors (Lipinski definition) is 2. The van der Waals surface area contributed by atoms with Crippen molar-refractivity contribution in [1.29, 1.82) is 5.26 Å². The fraction of sp³-hybridized carbons (Fsp3) is 0.375. The molecule has 76 valence electrons. The molecule has 0 aliphatic rings. The highest BCUT2D eigenvalue weighted by molar-refractivity contribution is 5.22. The number of hydrogen-bond donors (Lipinski definition) is 2. The van der Waals surface area contributed by atoms with Gasteiger partial charge in [-0.25, -0.2) is 0 Å². The van der Waals surface area contributed by atoms with Crippen LogP contribution in [-0.4, -0.2) is 4.98 Å². The van der Waals surface area contributed by atoms with Gasteiger partial charge in [0.15, 0.2) is 0 Å². The molecule has 1 heterocycles. The molecule has 0 spiro atoms. The summed E-state index contributed by atoms with van der Waals surface area (Å²) in [6, 6.07) is 2.04. The summed E-state index contributed by atoms with van der Waals surface area (Å²) in [7, 11) is 0. The van der Waals surface area contributed by atoms with Gasteiger partial charge in [-0.15, -0.1) is 0 Å². The van der Waals surface area contributed by atoms with Crippen molar-refractivity contribution < 1.29 is 13.2 Å². The first kappa shape index (κ1) is 10.6. The second-order valence-corrected chi connectivity index (χ2v) is 2.81. The SMILES string of the molecule is N#CC[C@@H](N)c1c[nH]c(C(F)(F)F)c1. The predicted molar refractivity (Wildman–Crippen MR) is 43.0 cm³/mol. The minimum absolute atomic E-state index is 0.00481. The molecule has 14 heavy (non-hydrogen) atoms. The molecule has 0 fully saturated rings. The Morgan fingerprint density at radius 1 is 1.57 bits per heavy atom. The van der Waals surface area contributed by atoms with Crippen molar-refractivity contribution in [3.8, 4) is 6.07 Å². The van der Waals surface area contributed by atoms with Crippen LogP contribution in [0.5, 0.6) is 0 Å². The summed E-state index contributed by atoms with van der Waals surface area (Å²) in [5.41, 5.74) is 4.90. The summed E-state index contributed by atoms with van der Waals surface area (Å²) in [6.45, 7) is 0. The van der Waals surface area contributed by atoms with Crippen molar-refractivity contribution in [2.75, 3.05) is 0 Å². The first-order chi connectivity index (χ1) is 6.45. The van der Waals surface area contributed by atoms with E-state index in [1.165, 1.54) is 6.20 Å². The molecule has 1 atom stereocenters. The van der Waals surface area contributed by atoms with Gasteiger partial charge in [0.25, 0.3) is 0 Å². The van der Waals surface area contributed by atoms with Crippen molar-refractivity contribution >= 4 is 0 Å². The van der Waals surface area contributed by atoms with Gasteiger partial charge in [-0.3, -0.25) is 0 Å². The summed E-state index contributed by atoms with van der Waals surface area (Å²) in [6.07, 6.45) is -3.23. The molecule has 6 heteroatoms. The van der Waals surface area contributed by atoms with Gasteiger partial charge >= 0.3 is 6.18 Å². The van der Waals surface area contributed by atoms with Gasteiger partial charge in [0, 0.05) is 12.2 Å². The number of aromatic amines is 1. The lowest BCUT2D eigenvalue weighted by Crippen LogP contribution is -2.08. The number of halogens is 3. The van der Waals surface area contributed by atoms with E-state index < -0.39 is 17.9 Å². The van der Waals surface area contributed by atoms with E-state index in [9.17, 15) is 13.2 Å². The van der Waals surface area contributed by atoms with E-state index >= 15 is 0 Å². The number of alkyl halides is 3. The molecule has 0 aliphatic heterocycles. The molecular weight excluding hydrogens is 195 g/mol. The molecule has 0 aromatic carbocycles. The highest BCUT2D eigenvalue weighted by Gasteiger charge is 2.32. The number of nitrogens with zero attached hydrogens (tertiary/aromatic N) is 1. The van der Waals surface area contributed by atoms with E-state index in [0.717, 1.165) is 6.07 Å². The summed E-state index contributed by atoms with van der Waals surface area (Å²) in [5.74, 6) is 0. The monoisotopic (exact) mass is 203 g/mol. The smallest absolute Gasteiger partial charge is 0.357 e. The van der Waals surface area contributed by atoms with Gasteiger partial charge in [0.05, 0.1) is 12.5 Å². The zero-order valence-corrected chi connectivity index (χ0v) is 7.10. The summed E-state index contributed by atoms with van der Waals surface area (Å²) >= 11 is 0. The average Bonchev–Trinajstić information content (AvgIpc) is 2.51. The molecule has 1 rings (SSSR count). The number of nitrogens with one attached hydrogen (secondary N) is 1. The molecule has 0 saturated carbocycles. The normalized spacial score (nSPS) is 13.6. The Morgan fingerprint density at radius 3 is 2.64 bits per heavy atom. The van der Waals surface area contributed by atoms with Crippen molar-refractivity contribution in [2.45, 2.75) is 18.6 Å². The molecule has 1 aromatic rings. The van der Waals surface area contributed by atoms with Crippen LogP contribution in [0.2, 0.25) is 0 Å². The maximum atomic E-state index is 12.1. The maximum Gasteiger partial charge on any atom is 0.431 e. The lowest BCUT2D eigenvalue weighted by atomic mass is 10.1. The first-order valence-electron chi connectivity index (χ1n) is 3.83. The van der Waals surface area contributed by atoms with Crippen molar-refractivity contribution in [3.63, 3.8) is 0 Å². The lowest BCUT2D eigenvalue weighted by molar-refractivity contribution is -0.140. The van der Waals surface area contributed by atoms with Gasteiger partial charge in [-0.05, 0) is 11.6 Å². The Labute approximate surface area is 78.3 Å². The Bertz CT molecular complexity index is 347. The Hall–Kier alpha value is -1.48. The third-order valence-electron chi connectivity index (χ3n) is 1.75. The summed E-state index contributed by atoms with van der Waals surface area (Å²) in [4.78, 5) is 2.07. The van der Waals surface area contributed by atoms with Crippen molar-refractivity contribution in [3.05, 3.63) is 23.5 Å². The number of H-pyrrole nitrogens is 1. The molecule has 0 aliphatic carbocycles. The zero-order chi connectivity index (χ0) is 10.8. The van der Waals surface area contributed by atoms with Crippen LogP contribution < -0.4 is 5.73 Å².